The Hall–Kier alpha value is -6.56. The summed E-state index contributed by atoms with van der Waals surface area (Å²) in [7, 11) is 0. The van der Waals surface area contributed by atoms with Crippen LogP contribution in [0.25, 0.3) is 53.2 Å². The molecule has 0 saturated heterocycles. The summed E-state index contributed by atoms with van der Waals surface area (Å²) in [6.45, 7) is 4.75. The molecule has 10 aromatic rings. The molecular formula is C51H33BN2OS. The Balaban J connectivity index is 1.08. The predicted molar refractivity (Wildman–Crippen MR) is 238 cm³/mol. The molecule has 0 N–H and O–H groups in total. The highest BCUT2D eigenvalue weighted by Crippen LogP contribution is 2.54. The Bertz CT molecular complexity index is 3340. The number of hydrogen-bond acceptors (Lipinski definition) is 4. The molecule has 1 aliphatic carbocycles. The minimum Gasteiger partial charge on any atom is -0.453 e. The molecule has 2 aromatic heterocycles. The summed E-state index contributed by atoms with van der Waals surface area (Å²) in [5, 5.41) is 4.91. The van der Waals surface area contributed by atoms with Gasteiger partial charge in [-0.15, -0.1) is 11.3 Å². The molecule has 0 fully saturated rings. The summed E-state index contributed by atoms with van der Waals surface area (Å²) in [5.41, 5.74) is 17.9. The zero-order valence-electron chi connectivity index (χ0n) is 30.9. The van der Waals surface area contributed by atoms with Crippen molar-refractivity contribution in [1.29, 1.82) is 0 Å². The maximum atomic E-state index is 7.25. The van der Waals surface area contributed by atoms with Crippen molar-refractivity contribution in [3.05, 3.63) is 175 Å². The van der Waals surface area contributed by atoms with Gasteiger partial charge in [-0.2, -0.15) is 0 Å². The maximum absolute atomic E-state index is 7.25. The third-order valence-electron chi connectivity index (χ3n) is 12.8. The highest BCUT2D eigenvalue weighted by molar-refractivity contribution is 7.26. The molecule has 3 nitrogen and oxygen atoms in total. The summed E-state index contributed by atoms with van der Waals surface area (Å²) < 4.78 is 9.86. The van der Waals surface area contributed by atoms with Gasteiger partial charge in [0.15, 0.2) is 5.58 Å². The van der Waals surface area contributed by atoms with Gasteiger partial charge in [0.2, 0.25) is 0 Å². The average molecular weight is 733 g/mol. The van der Waals surface area contributed by atoms with Gasteiger partial charge in [-0.1, -0.05) is 129 Å². The lowest BCUT2D eigenvalue weighted by Gasteiger charge is -2.44. The number of anilines is 6. The Morgan fingerprint density at radius 3 is 1.84 bits per heavy atom. The highest BCUT2D eigenvalue weighted by atomic mass is 32.1. The first kappa shape index (κ1) is 30.7. The normalized spacial score (nSPS) is 14.6. The van der Waals surface area contributed by atoms with Gasteiger partial charge in [0, 0.05) is 60.0 Å². The minimum absolute atomic E-state index is 0.0696. The Labute approximate surface area is 328 Å². The van der Waals surface area contributed by atoms with E-state index in [4.69, 9.17) is 4.42 Å². The second-order valence-corrected chi connectivity index (χ2v) is 17.0. The molecular weight excluding hydrogens is 699 g/mol. The molecule has 0 unspecified atom stereocenters. The lowest BCUT2D eigenvalue weighted by atomic mass is 9.33. The van der Waals surface area contributed by atoms with Gasteiger partial charge < -0.3 is 14.2 Å². The maximum Gasteiger partial charge on any atom is 0.252 e. The second kappa shape index (κ2) is 10.8. The van der Waals surface area contributed by atoms with Crippen LogP contribution in [-0.2, 0) is 5.41 Å². The van der Waals surface area contributed by atoms with Gasteiger partial charge in [-0.25, -0.2) is 0 Å². The molecule has 3 aliphatic rings. The van der Waals surface area contributed by atoms with Crippen LogP contribution in [0.1, 0.15) is 25.0 Å². The largest absolute Gasteiger partial charge is 0.453 e. The van der Waals surface area contributed by atoms with E-state index in [1.54, 1.807) is 0 Å². The molecule has 262 valence electrons. The first-order chi connectivity index (χ1) is 27.6. The molecule has 0 atom stereocenters. The second-order valence-electron chi connectivity index (χ2n) is 16.0. The SMILES string of the molecule is CC1(C)c2ccccc2-c2ccc3c(oc4c(N5c6ccccc6B6c7ccccc7N(c7cccc8c7sc7ccccc78)c7cccc5c76)cccc43)c21. The van der Waals surface area contributed by atoms with E-state index in [-0.39, 0.29) is 12.1 Å². The number of thiophene rings is 1. The molecule has 0 saturated carbocycles. The molecule has 5 heteroatoms. The fourth-order valence-electron chi connectivity index (χ4n) is 10.5. The number of para-hydroxylation sites is 3. The zero-order valence-corrected chi connectivity index (χ0v) is 31.7. The molecule has 0 radical (unpaired) electrons. The van der Waals surface area contributed by atoms with Gasteiger partial charge in [-0.3, -0.25) is 0 Å². The van der Waals surface area contributed by atoms with Crippen LogP contribution in [-0.4, -0.2) is 6.71 Å². The van der Waals surface area contributed by atoms with Crippen LogP contribution in [0.2, 0.25) is 0 Å². The number of furan rings is 1. The van der Waals surface area contributed by atoms with E-state index in [1.165, 1.54) is 87.3 Å². The average Bonchev–Trinajstić information content (AvgIpc) is 3.89. The third kappa shape index (κ3) is 3.78. The Morgan fingerprint density at radius 2 is 1.04 bits per heavy atom. The Kier molecular flexibility index (Phi) is 5.93. The van der Waals surface area contributed by atoms with E-state index in [9.17, 15) is 0 Å². The quantitative estimate of drug-likeness (QED) is 0.165. The zero-order chi connectivity index (χ0) is 36.9. The van der Waals surface area contributed by atoms with Gasteiger partial charge in [0.05, 0.1) is 16.1 Å². The van der Waals surface area contributed by atoms with Gasteiger partial charge >= 0.3 is 0 Å². The summed E-state index contributed by atoms with van der Waals surface area (Å²) in [4.78, 5) is 5.00. The van der Waals surface area contributed by atoms with Crippen LogP contribution in [0, 0.1) is 0 Å². The smallest absolute Gasteiger partial charge is 0.252 e. The van der Waals surface area contributed by atoms with Crippen molar-refractivity contribution in [2.45, 2.75) is 19.3 Å². The van der Waals surface area contributed by atoms with E-state index in [0.717, 1.165) is 27.6 Å². The lowest BCUT2D eigenvalue weighted by Crippen LogP contribution is -2.61. The highest BCUT2D eigenvalue weighted by Gasteiger charge is 2.44. The predicted octanol–water partition coefficient (Wildman–Crippen LogP) is 12.3. The van der Waals surface area contributed by atoms with Crippen molar-refractivity contribution in [3.8, 4) is 11.1 Å². The fourth-order valence-corrected chi connectivity index (χ4v) is 11.7. The first-order valence-corrected chi connectivity index (χ1v) is 20.3. The van der Waals surface area contributed by atoms with Crippen LogP contribution in [0.3, 0.4) is 0 Å². The van der Waals surface area contributed by atoms with Crippen molar-refractivity contribution in [3.63, 3.8) is 0 Å². The molecule has 2 aliphatic heterocycles. The molecule has 56 heavy (non-hydrogen) atoms. The van der Waals surface area contributed by atoms with Crippen LogP contribution < -0.4 is 26.2 Å². The van der Waals surface area contributed by atoms with Crippen molar-refractivity contribution >= 4 is 111 Å². The molecule has 0 bridgehead atoms. The monoisotopic (exact) mass is 732 g/mol. The summed E-state index contributed by atoms with van der Waals surface area (Å²) in [6.07, 6.45) is 0. The summed E-state index contributed by atoms with van der Waals surface area (Å²) in [5.74, 6) is 0. The van der Waals surface area contributed by atoms with Gasteiger partial charge in [0.25, 0.3) is 6.71 Å². The van der Waals surface area contributed by atoms with Gasteiger partial charge in [-0.05, 0) is 81.6 Å². The van der Waals surface area contributed by atoms with E-state index >= 15 is 0 Å². The van der Waals surface area contributed by atoms with Crippen molar-refractivity contribution < 1.29 is 4.42 Å². The summed E-state index contributed by atoms with van der Waals surface area (Å²) in [6, 6.07) is 60.6. The van der Waals surface area contributed by atoms with Crippen LogP contribution >= 0.6 is 11.3 Å². The molecule has 13 rings (SSSR count). The van der Waals surface area contributed by atoms with Crippen molar-refractivity contribution in [1.82, 2.24) is 0 Å². The van der Waals surface area contributed by atoms with Crippen LogP contribution in [0.4, 0.5) is 34.1 Å². The van der Waals surface area contributed by atoms with E-state index in [1.807, 2.05) is 11.3 Å². The van der Waals surface area contributed by atoms with E-state index in [0.29, 0.717) is 0 Å². The molecule has 8 aromatic carbocycles. The molecule has 0 amide bonds. The van der Waals surface area contributed by atoms with Crippen molar-refractivity contribution in [2.75, 3.05) is 9.80 Å². The lowest BCUT2D eigenvalue weighted by molar-refractivity contribution is 0.620. The number of fused-ring (bicyclic) bond motifs is 14. The number of nitrogens with zero attached hydrogens (tertiary/aromatic N) is 2. The van der Waals surface area contributed by atoms with Crippen molar-refractivity contribution in [2.24, 2.45) is 0 Å². The van der Waals surface area contributed by atoms with E-state index < -0.39 is 0 Å². The standard InChI is InChI=1S/C51H33BN2OS/c1-51(2)36-18-5-3-14-30(36)32-28-29-34-33-16-11-25-43(48(33)55-49(34)46(32)51)53-39-21-8-6-19-37(39)52-38-20-7-9-22-40(38)54(42-24-13-23-41(53)47(42)52)44-26-12-17-35-31-15-4-10-27-45(31)56-50(35)44/h3-29H,1-2H3. The molecule has 0 spiro atoms. The third-order valence-corrected chi connectivity index (χ3v) is 14.0. The molecule has 4 heterocycles. The first-order valence-electron chi connectivity index (χ1n) is 19.5. The topological polar surface area (TPSA) is 19.6 Å². The summed E-state index contributed by atoms with van der Waals surface area (Å²) >= 11 is 1.89. The van der Waals surface area contributed by atoms with Gasteiger partial charge in [0.1, 0.15) is 5.58 Å². The van der Waals surface area contributed by atoms with E-state index in [2.05, 4.69) is 187 Å². The van der Waals surface area contributed by atoms with Crippen LogP contribution in [0.5, 0.6) is 0 Å². The van der Waals surface area contributed by atoms with Crippen LogP contribution in [0.15, 0.2) is 168 Å². The minimum atomic E-state index is -0.183. The number of benzene rings is 8. The fraction of sp³-hybridized carbons (Fsp3) is 0.0588. The number of hydrogen-bond donors (Lipinski definition) is 0. The number of rotatable bonds is 2. The Morgan fingerprint density at radius 1 is 0.464 bits per heavy atom.